The van der Waals surface area contributed by atoms with E-state index in [1.807, 2.05) is 42.5 Å². The fourth-order valence-electron chi connectivity index (χ4n) is 9.05. The number of carbonyl (C=O) groups excluding carboxylic acids is 2. The normalized spacial score (nSPS) is 21.5. The molecule has 0 N–H and O–H groups in total. The van der Waals surface area contributed by atoms with Crippen LogP contribution in [-0.4, -0.2) is 66.5 Å². The van der Waals surface area contributed by atoms with E-state index in [0.29, 0.717) is 34.8 Å². The van der Waals surface area contributed by atoms with E-state index in [-0.39, 0.29) is 34.7 Å². The van der Waals surface area contributed by atoms with Crippen LogP contribution in [0.15, 0.2) is 89.5 Å². The minimum atomic E-state index is -4.26. The summed E-state index contributed by atoms with van der Waals surface area (Å²) in [5.74, 6) is -0.714. The topological polar surface area (TPSA) is 112 Å². The second-order valence-corrected chi connectivity index (χ2v) is 22.0. The van der Waals surface area contributed by atoms with E-state index >= 15 is 0 Å². The molecule has 2 aliphatic heterocycles. The number of sulfonamides is 1. The fourth-order valence-corrected chi connectivity index (χ4v) is 16.0. The van der Waals surface area contributed by atoms with Crippen molar-refractivity contribution in [3.63, 3.8) is 0 Å². The highest BCUT2D eigenvalue weighted by atomic mass is 32.2. The molecule has 278 valence electrons. The van der Waals surface area contributed by atoms with Crippen LogP contribution >= 0.6 is 0 Å². The number of anilines is 1. The summed E-state index contributed by atoms with van der Waals surface area (Å²) in [6.45, 7) is 13.6. The summed E-state index contributed by atoms with van der Waals surface area (Å²) < 4.78 is 55.5. The molecule has 1 saturated heterocycles. The van der Waals surface area contributed by atoms with E-state index < -0.39 is 54.3 Å². The molecule has 12 heteroatoms. The lowest BCUT2D eigenvalue weighted by Crippen LogP contribution is -2.51. The zero-order chi connectivity index (χ0) is 37.5. The van der Waals surface area contributed by atoms with Crippen molar-refractivity contribution in [2.24, 2.45) is 11.8 Å². The highest BCUT2D eigenvalue weighted by molar-refractivity contribution is 7.93. The van der Waals surface area contributed by atoms with Crippen LogP contribution in [0.1, 0.15) is 59.1 Å². The number of amides is 2. The number of likely N-dealkylation sites (tertiary alicyclic amines) is 1. The zero-order valence-electron chi connectivity index (χ0n) is 31.2. The molecular weight excluding hydrogens is 697 g/mol. The Morgan fingerprint density at radius 1 is 0.865 bits per heavy atom. The van der Waals surface area contributed by atoms with E-state index in [1.165, 1.54) is 30.7 Å². The molecule has 0 radical (unpaired) electrons. The summed E-state index contributed by atoms with van der Waals surface area (Å²) in [6, 6.07) is 21.6. The van der Waals surface area contributed by atoms with Crippen LogP contribution in [0.3, 0.4) is 0 Å². The van der Waals surface area contributed by atoms with Crippen LogP contribution in [0.2, 0.25) is 16.6 Å². The van der Waals surface area contributed by atoms with Crippen molar-refractivity contribution in [2.75, 3.05) is 25.1 Å². The molecule has 3 aliphatic rings. The first-order valence-electron chi connectivity index (χ1n) is 18.0. The smallest absolute Gasteiger partial charge is 0.416 e. The number of ether oxygens (including phenoxy) is 3. The lowest BCUT2D eigenvalue weighted by atomic mass is 9.74. The summed E-state index contributed by atoms with van der Waals surface area (Å²) >= 11 is 0. The molecule has 1 aliphatic carbocycles. The molecule has 0 unspecified atom stereocenters. The third kappa shape index (κ3) is 6.22. The van der Waals surface area contributed by atoms with Gasteiger partial charge in [-0.15, -0.1) is 0 Å². The van der Waals surface area contributed by atoms with E-state index in [2.05, 4.69) is 41.5 Å². The van der Waals surface area contributed by atoms with Crippen LogP contribution < -0.4 is 9.04 Å². The van der Waals surface area contributed by atoms with Gasteiger partial charge in [0.2, 0.25) is 5.91 Å². The van der Waals surface area contributed by atoms with Crippen molar-refractivity contribution in [1.82, 2.24) is 4.90 Å². The Morgan fingerprint density at radius 2 is 1.48 bits per heavy atom. The van der Waals surface area contributed by atoms with Crippen LogP contribution in [0.5, 0.6) is 5.75 Å². The number of imide groups is 1. The van der Waals surface area contributed by atoms with Gasteiger partial charge in [0.15, 0.2) is 0 Å². The molecule has 3 aromatic carbocycles. The lowest BCUT2D eigenvalue weighted by molar-refractivity contribution is -0.131. The Labute approximate surface area is 308 Å². The minimum Gasteiger partial charge on any atom is -0.545 e. The summed E-state index contributed by atoms with van der Waals surface area (Å²) in [5.41, 5.74) is 3.51. The summed E-state index contributed by atoms with van der Waals surface area (Å²) in [7, 11) is -4.09. The predicted octanol–water partition coefficient (Wildman–Crippen LogP) is 8.01. The van der Waals surface area contributed by atoms with Crippen molar-refractivity contribution in [1.29, 1.82) is 0 Å². The number of rotatable bonds is 12. The Balaban J connectivity index is 1.56. The standard InChI is InChI=1S/C40H50N2O8SSi/c1-25(2)52(26(3)4,27(5)6)50-35-22-32-34(24-49-23-28-14-10-9-11-15-28)41(40(44)48-8)39(43)37(32)38-36(35)31-16-12-13-17-33(31)42(38)51(45,46)30-20-18-29(47-7)19-21-30/h9-21,25-27,32,34,37-38H,22-24H2,1-8H3/t32-,34-,37+,38+/m0/s1. The molecule has 3 aromatic rings. The molecule has 1 fully saturated rings. The average Bonchev–Trinajstić information content (AvgIpc) is 3.62. The monoisotopic (exact) mass is 746 g/mol. The molecule has 4 atom stereocenters. The lowest BCUT2D eigenvalue weighted by Gasteiger charge is -2.46. The van der Waals surface area contributed by atoms with Crippen LogP contribution in [0.4, 0.5) is 10.5 Å². The largest absolute Gasteiger partial charge is 0.545 e. The van der Waals surface area contributed by atoms with Crippen LogP contribution in [-0.2, 0) is 35.3 Å². The quantitative estimate of drug-likeness (QED) is 0.172. The van der Waals surface area contributed by atoms with Gasteiger partial charge in [-0.05, 0) is 52.5 Å². The van der Waals surface area contributed by atoms with E-state index in [1.54, 1.807) is 24.3 Å². The number of hydrogen-bond acceptors (Lipinski definition) is 8. The molecule has 2 amide bonds. The van der Waals surface area contributed by atoms with Crippen LogP contribution in [0.25, 0.3) is 5.57 Å². The fraction of sp³-hybridized carbons (Fsp3) is 0.450. The molecule has 0 saturated carbocycles. The summed E-state index contributed by atoms with van der Waals surface area (Å²) in [5, 5.41) is 0. The maximum Gasteiger partial charge on any atom is 0.416 e. The second kappa shape index (κ2) is 14.7. The number of nitrogens with zero attached hydrogens (tertiary/aromatic N) is 2. The minimum absolute atomic E-state index is 0.0471. The SMILES string of the molecule is COC(=O)N1C(=O)[C@@H]2[C@@H](CC(O[Si](C(C)C)(C(C)C)C(C)C)=C3c4ccccc4N(S(=O)(=O)c4ccc(OC)cc4)[C@H]32)[C@@H]1COCc1ccccc1. The van der Waals surface area contributed by atoms with Crippen molar-refractivity contribution >= 4 is 41.6 Å². The third-order valence-electron chi connectivity index (χ3n) is 11.2. The number of fused-ring (bicyclic) bond motifs is 5. The van der Waals surface area contributed by atoms with Gasteiger partial charge in [0.1, 0.15) is 5.75 Å². The van der Waals surface area contributed by atoms with Gasteiger partial charge in [-0.3, -0.25) is 9.10 Å². The average molecular weight is 747 g/mol. The zero-order valence-corrected chi connectivity index (χ0v) is 33.1. The number of allylic oxidation sites excluding steroid dienone is 1. The van der Waals surface area contributed by atoms with Gasteiger partial charge >= 0.3 is 6.09 Å². The Kier molecular flexibility index (Phi) is 10.6. The molecule has 0 spiro atoms. The molecule has 0 aromatic heterocycles. The van der Waals surface area contributed by atoms with Crippen molar-refractivity contribution in [3.8, 4) is 5.75 Å². The second-order valence-electron chi connectivity index (χ2n) is 14.8. The molecule has 52 heavy (non-hydrogen) atoms. The third-order valence-corrected chi connectivity index (χ3v) is 19.1. The van der Waals surface area contributed by atoms with Gasteiger partial charge in [0.05, 0.1) is 61.8 Å². The predicted molar refractivity (Wildman–Crippen MR) is 203 cm³/mol. The Hall–Kier alpha value is -4.13. The van der Waals surface area contributed by atoms with E-state index in [9.17, 15) is 18.0 Å². The molecule has 2 heterocycles. The molecular formula is C40H50N2O8SSi. The Morgan fingerprint density at radius 3 is 2.08 bits per heavy atom. The molecule has 6 rings (SSSR count). The van der Waals surface area contributed by atoms with Crippen molar-refractivity contribution in [2.45, 2.75) is 88.2 Å². The highest BCUT2D eigenvalue weighted by Crippen LogP contribution is 2.58. The van der Waals surface area contributed by atoms with Crippen molar-refractivity contribution < 1.29 is 36.6 Å². The Bertz CT molecular complexity index is 1910. The molecule has 10 nitrogen and oxygen atoms in total. The van der Waals surface area contributed by atoms with Gasteiger partial charge < -0.3 is 18.6 Å². The first kappa shape index (κ1) is 37.6. The number of para-hydroxylation sites is 1. The maximum absolute atomic E-state index is 14.9. The van der Waals surface area contributed by atoms with Gasteiger partial charge in [0, 0.05) is 23.5 Å². The van der Waals surface area contributed by atoms with Gasteiger partial charge in [0.25, 0.3) is 18.3 Å². The first-order chi connectivity index (χ1) is 24.8. The van der Waals surface area contributed by atoms with Crippen LogP contribution in [0, 0.1) is 11.8 Å². The maximum atomic E-state index is 14.9. The number of benzene rings is 3. The van der Waals surface area contributed by atoms with Gasteiger partial charge in [-0.1, -0.05) is 90.1 Å². The van der Waals surface area contributed by atoms with Crippen molar-refractivity contribution in [3.05, 3.63) is 95.7 Å². The van der Waals surface area contributed by atoms with Gasteiger partial charge in [-0.2, -0.15) is 0 Å². The van der Waals surface area contributed by atoms with E-state index in [0.717, 1.165) is 10.5 Å². The number of hydrogen-bond donors (Lipinski definition) is 0. The van der Waals surface area contributed by atoms with E-state index in [4.69, 9.17) is 18.6 Å². The highest BCUT2D eigenvalue weighted by Gasteiger charge is 2.63. The summed E-state index contributed by atoms with van der Waals surface area (Å²) in [4.78, 5) is 29.5. The number of methoxy groups -OCH3 is 2. The molecule has 0 bridgehead atoms. The van der Waals surface area contributed by atoms with Gasteiger partial charge in [-0.25, -0.2) is 18.1 Å². The summed E-state index contributed by atoms with van der Waals surface area (Å²) in [6.07, 6.45) is -0.465. The number of carbonyl (C=O) groups is 2. The first-order valence-corrected chi connectivity index (χ1v) is 21.6.